The van der Waals surface area contributed by atoms with Crippen molar-refractivity contribution in [1.82, 2.24) is 0 Å². The van der Waals surface area contributed by atoms with Gasteiger partial charge >= 0.3 is 12.2 Å². The van der Waals surface area contributed by atoms with Gasteiger partial charge in [-0.25, -0.2) is 4.79 Å². The van der Waals surface area contributed by atoms with Crippen LogP contribution in [0.15, 0.2) is 42.5 Å². The van der Waals surface area contributed by atoms with E-state index in [2.05, 4.69) is 5.32 Å². The Morgan fingerprint density at radius 1 is 1.13 bits per heavy atom. The molecule has 0 aliphatic carbocycles. The Morgan fingerprint density at radius 3 is 2.43 bits per heavy atom. The third kappa shape index (κ3) is 4.07. The summed E-state index contributed by atoms with van der Waals surface area (Å²) in [6, 6.07) is 7.01. The zero-order valence-electron chi connectivity index (χ0n) is 11.2. The van der Waals surface area contributed by atoms with Crippen molar-refractivity contribution < 1.29 is 23.2 Å². The Labute approximate surface area is 139 Å². The number of hydrogen-bond donors (Lipinski definition) is 2. The fraction of sp³-hybridized carbons (Fsp3) is 0.0714. The minimum absolute atomic E-state index is 0.0416. The molecule has 0 aliphatic heterocycles. The van der Waals surface area contributed by atoms with Crippen LogP contribution in [-0.4, -0.2) is 11.2 Å². The topological polar surface area (TPSA) is 52.6 Å². The first kappa shape index (κ1) is 17.4. The summed E-state index contributed by atoms with van der Waals surface area (Å²) in [6.45, 7) is 0. The van der Waals surface area contributed by atoms with E-state index in [1.54, 1.807) is 0 Å². The van der Waals surface area contributed by atoms with Crippen molar-refractivity contribution in [3.8, 4) is 0 Å². The first-order chi connectivity index (χ1) is 10.7. The normalized spacial score (nSPS) is 11.2. The van der Waals surface area contributed by atoms with Gasteiger partial charge in [0, 0.05) is 0 Å². The maximum Gasteiger partial charge on any atom is 0.416 e. The third-order valence-electron chi connectivity index (χ3n) is 2.80. The fourth-order valence-electron chi connectivity index (χ4n) is 1.70. The van der Waals surface area contributed by atoms with Crippen molar-refractivity contribution in [3.05, 3.63) is 58.1 Å². The maximum absolute atomic E-state index is 12.6. The average molecular weight is 365 g/mol. The van der Waals surface area contributed by atoms with Gasteiger partial charge in [0.15, 0.2) is 0 Å². The van der Waals surface area contributed by atoms with E-state index in [0.717, 1.165) is 18.2 Å². The van der Waals surface area contributed by atoms with Gasteiger partial charge in [-0.15, -0.1) is 0 Å². The largest absolute Gasteiger partial charge is 0.416 e. The standard InChI is InChI=1S/C14H9Cl2F3N2O2/c15-10-5-2-6-11(12(10)16)20-13(22)21(23)9-4-1-3-8(7-9)14(17,18)19/h1-7,23H,(H,20,22). The smallest absolute Gasteiger partial charge is 0.304 e. The van der Waals surface area contributed by atoms with E-state index >= 15 is 0 Å². The highest BCUT2D eigenvalue weighted by Gasteiger charge is 2.31. The van der Waals surface area contributed by atoms with E-state index in [1.165, 1.54) is 18.2 Å². The molecule has 9 heteroatoms. The molecule has 2 aromatic carbocycles. The number of amides is 2. The molecule has 4 nitrogen and oxygen atoms in total. The predicted molar refractivity (Wildman–Crippen MR) is 81.2 cm³/mol. The molecule has 0 heterocycles. The van der Waals surface area contributed by atoms with Crippen LogP contribution in [0.25, 0.3) is 0 Å². The van der Waals surface area contributed by atoms with Gasteiger partial charge in [0.1, 0.15) is 0 Å². The summed E-state index contributed by atoms with van der Waals surface area (Å²) in [6.07, 6.45) is -4.59. The number of nitrogens with one attached hydrogen (secondary N) is 1. The molecule has 0 atom stereocenters. The molecule has 122 valence electrons. The molecule has 2 aromatic rings. The second-order valence-corrected chi connectivity index (χ2v) is 5.18. The molecule has 0 saturated carbocycles. The highest BCUT2D eigenvalue weighted by atomic mass is 35.5. The van der Waals surface area contributed by atoms with Crippen molar-refractivity contribution >= 4 is 40.6 Å². The summed E-state index contributed by atoms with van der Waals surface area (Å²) in [7, 11) is 0. The SMILES string of the molecule is O=C(Nc1cccc(Cl)c1Cl)N(O)c1cccc(C(F)(F)F)c1. The van der Waals surface area contributed by atoms with E-state index in [1.807, 2.05) is 0 Å². The van der Waals surface area contributed by atoms with Crippen molar-refractivity contribution in [2.24, 2.45) is 0 Å². The van der Waals surface area contributed by atoms with Crippen LogP contribution in [0, 0.1) is 0 Å². The monoisotopic (exact) mass is 364 g/mol. The van der Waals surface area contributed by atoms with Crippen molar-refractivity contribution in [2.45, 2.75) is 6.18 Å². The van der Waals surface area contributed by atoms with Crippen LogP contribution in [0.4, 0.5) is 29.3 Å². The van der Waals surface area contributed by atoms with Gasteiger partial charge in [0.2, 0.25) is 0 Å². The van der Waals surface area contributed by atoms with Gasteiger partial charge in [-0.05, 0) is 30.3 Å². The Balaban J connectivity index is 2.22. The number of hydrogen-bond acceptors (Lipinski definition) is 2. The minimum Gasteiger partial charge on any atom is -0.304 e. The molecule has 0 fully saturated rings. The number of rotatable bonds is 2. The molecule has 0 unspecified atom stereocenters. The van der Waals surface area contributed by atoms with Crippen molar-refractivity contribution in [3.63, 3.8) is 0 Å². The van der Waals surface area contributed by atoms with Gasteiger partial charge in [-0.2, -0.15) is 18.2 Å². The summed E-state index contributed by atoms with van der Waals surface area (Å²) in [5, 5.41) is 12.3. The molecular formula is C14H9Cl2F3N2O2. The summed E-state index contributed by atoms with van der Waals surface area (Å²) in [5.41, 5.74) is -1.24. The number of benzene rings is 2. The first-order valence-corrected chi connectivity index (χ1v) is 6.87. The van der Waals surface area contributed by atoms with E-state index in [4.69, 9.17) is 23.2 Å². The summed E-state index contributed by atoms with van der Waals surface area (Å²) < 4.78 is 37.9. The maximum atomic E-state index is 12.6. The van der Waals surface area contributed by atoms with Crippen LogP contribution in [0.5, 0.6) is 0 Å². The van der Waals surface area contributed by atoms with Gasteiger partial charge < -0.3 is 5.32 Å². The Morgan fingerprint density at radius 2 is 1.78 bits per heavy atom. The summed E-state index contributed by atoms with van der Waals surface area (Å²) >= 11 is 11.7. The lowest BCUT2D eigenvalue weighted by Gasteiger charge is -2.18. The number of nitrogens with zero attached hydrogens (tertiary/aromatic N) is 1. The van der Waals surface area contributed by atoms with E-state index < -0.39 is 17.8 Å². The van der Waals surface area contributed by atoms with Crippen LogP contribution in [0.2, 0.25) is 10.0 Å². The van der Waals surface area contributed by atoms with Crippen LogP contribution in [0.1, 0.15) is 5.56 Å². The molecule has 0 radical (unpaired) electrons. The number of carbonyl (C=O) groups is 1. The number of hydroxylamine groups is 1. The predicted octanol–water partition coefficient (Wildman–Crippen LogP) is 5.44. The molecule has 2 N–H and O–H groups in total. The molecule has 0 bridgehead atoms. The molecular weight excluding hydrogens is 356 g/mol. The van der Waals surface area contributed by atoms with Crippen LogP contribution < -0.4 is 10.4 Å². The van der Waals surface area contributed by atoms with Gasteiger partial charge in [-0.1, -0.05) is 35.3 Å². The zero-order chi connectivity index (χ0) is 17.2. The summed E-state index contributed by atoms with van der Waals surface area (Å²) in [4.78, 5) is 11.9. The van der Waals surface area contributed by atoms with Crippen LogP contribution >= 0.6 is 23.2 Å². The number of alkyl halides is 3. The van der Waals surface area contributed by atoms with Gasteiger partial charge in [-0.3, -0.25) is 5.21 Å². The van der Waals surface area contributed by atoms with E-state index in [-0.39, 0.29) is 26.5 Å². The van der Waals surface area contributed by atoms with E-state index in [0.29, 0.717) is 6.07 Å². The molecule has 23 heavy (non-hydrogen) atoms. The summed E-state index contributed by atoms with van der Waals surface area (Å²) in [5.74, 6) is 0. The minimum atomic E-state index is -4.59. The van der Waals surface area contributed by atoms with E-state index in [9.17, 15) is 23.2 Å². The van der Waals surface area contributed by atoms with Crippen LogP contribution in [0.3, 0.4) is 0 Å². The Kier molecular flexibility index (Phi) is 5.03. The number of halogens is 5. The quantitative estimate of drug-likeness (QED) is 0.550. The highest BCUT2D eigenvalue weighted by molar-refractivity contribution is 6.44. The zero-order valence-corrected chi connectivity index (χ0v) is 12.7. The fourth-order valence-corrected chi connectivity index (χ4v) is 2.05. The van der Waals surface area contributed by atoms with Crippen molar-refractivity contribution in [2.75, 3.05) is 10.4 Å². The van der Waals surface area contributed by atoms with Gasteiger partial charge in [0.25, 0.3) is 0 Å². The lowest BCUT2D eigenvalue weighted by Crippen LogP contribution is -2.32. The Bertz CT molecular complexity index is 738. The van der Waals surface area contributed by atoms with Crippen molar-refractivity contribution in [1.29, 1.82) is 0 Å². The number of urea groups is 1. The number of anilines is 2. The molecule has 2 rings (SSSR count). The molecule has 0 aliphatic rings. The molecule has 0 aromatic heterocycles. The average Bonchev–Trinajstić information content (AvgIpc) is 2.50. The number of carbonyl (C=O) groups excluding carboxylic acids is 1. The first-order valence-electron chi connectivity index (χ1n) is 6.11. The van der Waals surface area contributed by atoms with Crippen LogP contribution in [-0.2, 0) is 6.18 Å². The molecule has 0 spiro atoms. The molecule has 2 amide bonds. The third-order valence-corrected chi connectivity index (χ3v) is 3.62. The van der Waals surface area contributed by atoms with Gasteiger partial charge in [0.05, 0.1) is 27.0 Å². The lowest BCUT2D eigenvalue weighted by atomic mass is 10.2. The second-order valence-electron chi connectivity index (χ2n) is 4.39. The second kappa shape index (κ2) is 6.66. The Hall–Kier alpha value is -1.96. The lowest BCUT2D eigenvalue weighted by molar-refractivity contribution is -0.137. The highest BCUT2D eigenvalue weighted by Crippen LogP contribution is 2.32. The molecule has 0 saturated heterocycles.